The maximum atomic E-state index is 13.2. The zero-order chi connectivity index (χ0) is 19.0. The Labute approximate surface area is 158 Å². The molecule has 0 radical (unpaired) electrons. The van der Waals surface area contributed by atoms with Gasteiger partial charge in [-0.05, 0) is 51.1 Å². The minimum atomic E-state index is -1.86. The van der Waals surface area contributed by atoms with Crippen LogP contribution in [0.3, 0.4) is 0 Å². The van der Waals surface area contributed by atoms with E-state index in [9.17, 15) is 14.7 Å². The van der Waals surface area contributed by atoms with Crippen LogP contribution in [0, 0.1) is 6.92 Å². The minimum Gasteiger partial charge on any atom is -0.458 e. The van der Waals surface area contributed by atoms with Gasteiger partial charge in [-0.15, -0.1) is 0 Å². The summed E-state index contributed by atoms with van der Waals surface area (Å²) in [5, 5.41) is 11.3. The molecule has 1 aromatic heterocycles. The van der Waals surface area contributed by atoms with Crippen molar-refractivity contribution in [3.63, 3.8) is 0 Å². The molecular formula is C21H24N2O4. The van der Waals surface area contributed by atoms with Crippen LogP contribution >= 0.6 is 0 Å². The molecule has 6 nitrogen and oxygen atoms in total. The molecule has 1 aromatic carbocycles. The normalized spacial score (nSPS) is 22.9. The van der Waals surface area contributed by atoms with E-state index >= 15 is 0 Å². The third kappa shape index (κ3) is 3.19. The third-order valence-electron chi connectivity index (χ3n) is 5.46. The monoisotopic (exact) mass is 368 g/mol. The number of fused-ring (bicyclic) bond motifs is 1. The number of Topliss-reactive ketones (excluding diaryl/α,β-unsaturated/α-hetero) is 1. The Balaban J connectivity index is 1.62. The Morgan fingerprint density at radius 3 is 2.59 bits per heavy atom. The summed E-state index contributed by atoms with van der Waals surface area (Å²) in [5.41, 5.74) is -0.688. The van der Waals surface area contributed by atoms with E-state index in [1.54, 1.807) is 36.1 Å². The molecule has 2 aliphatic rings. The molecule has 1 atom stereocenters. The van der Waals surface area contributed by atoms with Crippen molar-refractivity contribution in [1.82, 2.24) is 4.90 Å². The number of anilines is 1. The lowest BCUT2D eigenvalue weighted by molar-refractivity contribution is -0.136. The number of aryl methyl sites for hydroxylation is 1. The second kappa shape index (κ2) is 6.94. The van der Waals surface area contributed by atoms with Crippen LogP contribution in [0.5, 0.6) is 0 Å². The largest absolute Gasteiger partial charge is 0.458 e. The van der Waals surface area contributed by atoms with Gasteiger partial charge in [0, 0.05) is 5.56 Å². The van der Waals surface area contributed by atoms with Gasteiger partial charge < -0.3 is 9.52 Å². The third-order valence-corrected chi connectivity index (χ3v) is 5.46. The van der Waals surface area contributed by atoms with Crippen LogP contribution in [-0.2, 0) is 10.4 Å². The molecule has 0 spiro atoms. The van der Waals surface area contributed by atoms with Crippen LogP contribution in [0.1, 0.15) is 47.6 Å². The molecule has 142 valence electrons. The summed E-state index contributed by atoms with van der Waals surface area (Å²) < 4.78 is 5.38. The number of aliphatic hydroxyl groups is 1. The molecule has 6 heteroatoms. The molecule has 0 aliphatic carbocycles. The number of piperidine rings is 1. The first-order chi connectivity index (χ1) is 13.0. The Bertz CT molecular complexity index is 869. The van der Waals surface area contributed by atoms with Gasteiger partial charge in [-0.25, -0.2) is 0 Å². The summed E-state index contributed by atoms with van der Waals surface area (Å²) in [6, 6.07) is 10.5. The molecule has 0 unspecified atom stereocenters. The molecule has 1 amide bonds. The summed E-state index contributed by atoms with van der Waals surface area (Å²) in [5.74, 6) is -0.0321. The van der Waals surface area contributed by atoms with E-state index in [0.29, 0.717) is 23.7 Å². The van der Waals surface area contributed by atoms with E-state index in [4.69, 9.17) is 4.42 Å². The smallest absolute Gasteiger partial charge is 0.265 e. The fourth-order valence-corrected chi connectivity index (χ4v) is 4.02. The van der Waals surface area contributed by atoms with Crippen LogP contribution < -0.4 is 4.90 Å². The number of hydrogen-bond acceptors (Lipinski definition) is 5. The summed E-state index contributed by atoms with van der Waals surface area (Å²) in [6.45, 7) is 4.07. The number of amides is 1. The van der Waals surface area contributed by atoms with E-state index in [1.165, 1.54) is 6.42 Å². The van der Waals surface area contributed by atoms with Crippen LogP contribution in [-0.4, -0.2) is 41.5 Å². The summed E-state index contributed by atoms with van der Waals surface area (Å²) >= 11 is 0. The highest BCUT2D eigenvalue weighted by Crippen LogP contribution is 2.43. The summed E-state index contributed by atoms with van der Waals surface area (Å²) in [4.78, 5) is 29.7. The maximum Gasteiger partial charge on any atom is 0.265 e. The van der Waals surface area contributed by atoms with Crippen molar-refractivity contribution in [2.24, 2.45) is 0 Å². The number of nitrogens with zero attached hydrogens (tertiary/aromatic N) is 2. The van der Waals surface area contributed by atoms with Crippen LogP contribution in [0.25, 0.3) is 0 Å². The second-order valence-electron chi connectivity index (χ2n) is 7.44. The van der Waals surface area contributed by atoms with Gasteiger partial charge in [0.1, 0.15) is 5.76 Å². The number of rotatable bonds is 5. The first kappa shape index (κ1) is 17.9. The van der Waals surface area contributed by atoms with Crippen molar-refractivity contribution in [1.29, 1.82) is 0 Å². The Hall–Kier alpha value is -2.44. The van der Waals surface area contributed by atoms with Gasteiger partial charge in [0.15, 0.2) is 11.4 Å². The molecular weight excluding hydrogens is 344 g/mol. The highest BCUT2D eigenvalue weighted by molar-refractivity contribution is 6.10. The Morgan fingerprint density at radius 2 is 1.89 bits per heavy atom. The minimum absolute atomic E-state index is 0.167. The first-order valence-electron chi connectivity index (χ1n) is 9.45. The van der Waals surface area contributed by atoms with E-state index in [-0.39, 0.29) is 18.0 Å². The van der Waals surface area contributed by atoms with E-state index in [2.05, 4.69) is 4.90 Å². The molecule has 3 heterocycles. The zero-order valence-corrected chi connectivity index (χ0v) is 15.5. The number of carbonyl (C=O) groups is 2. The maximum absolute atomic E-state index is 13.2. The molecule has 1 fully saturated rings. The molecule has 2 aliphatic heterocycles. The van der Waals surface area contributed by atoms with Crippen LogP contribution in [0.2, 0.25) is 0 Å². The number of benzene rings is 1. The molecule has 27 heavy (non-hydrogen) atoms. The fourth-order valence-electron chi connectivity index (χ4n) is 4.02. The van der Waals surface area contributed by atoms with Crippen molar-refractivity contribution in [2.45, 2.75) is 38.2 Å². The molecule has 4 rings (SSSR count). The van der Waals surface area contributed by atoms with Crippen LogP contribution in [0.15, 0.2) is 40.8 Å². The number of hydrogen-bond donors (Lipinski definition) is 1. The molecule has 0 bridgehead atoms. The lowest BCUT2D eigenvalue weighted by atomic mass is 9.89. The highest BCUT2D eigenvalue weighted by atomic mass is 16.3. The number of likely N-dealkylation sites (tertiary alicyclic amines) is 1. The highest BCUT2D eigenvalue weighted by Gasteiger charge is 2.51. The summed E-state index contributed by atoms with van der Waals surface area (Å²) in [7, 11) is 0. The lowest BCUT2D eigenvalue weighted by Gasteiger charge is -2.31. The van der Waals surface area contributed by atoms with Gasteiger partial charge in [-0.2, -0.15) is 0 Å². The van der Waals surface area contributed by atoms with Crippen molar-refractivity contribution in [2.75, 3.05) is 24.7 Å². The summed E-state index contributed by atoms with van der Waals surface area (Å²) in [6.07, 6.45) is 3.11. The molecule has 0 saturated carbocycles. The number of carbonyl (C=O) groups excluding carboxylic acids is 2. The first-order valence-corrected chi connectivity index (χ1v) is 9.45. The molecule has 1 saturated heterocycles. The van der Waals surface area contributed by atoms with E-state index in [1.807, 2.05) is 12.1 Å². The molecule has 2 aromatic rings. The van der Waals surface area contributed by atoms with Gasteiger partial charge in [-0.1, -0.05) is 24.6 Å². The van der Waals surface area contributed by atoms with Gasteiger partial charge in [-0.3, -0.25) is 19.4 Å². The lowest BCUT2D eigenvalue weighted by Crippen LogP contribution is -2.47. The van der Waals surface area contributed by atoms with Crippen molar-refractivity contribution in [3.8, 4) is 0 Å². The van der Waals surface area contributed by atoms with Crippen molar-refractivity contribution < 1.29 is 19.1 Å². The number of ketones is 1. The van der Waals surface area contributed by atoms with E-state index < -0.39 is 11.5 Å². The zero-order valence-electron chi connectivity index (χ0n) is 15.5. The fraction of sp³-hybridized carbons (Fsp3) is 0.429. The van der Waals surface area contributed by atoms with Crippen molar-refractivity contribution >= 4 is 17.4 Å². The van der Waals surface area contributed by atoms with Gasteiger partial charge in [0.2, 0.25) is 5.78 Å². The average Bonchev–Trinajstić information content (AvgIpc) is 3.20. The topological polar surface area (TPSA) is 74.0 Å². The van der Waals surface area contributed by atoms with Gasteiger partial charge in [0.25, 0.3) is 5.91 Å². The number of para-hydroxylation sites is 1. The Morgan fingerprint density at radius 1 is 1.15 bits per heavy atom. The molecule has 1 N–H and O–H groups in total. The standard InChI is InChI=1S/C21H24N2O4/c1-15-9-10-19(27-15)18(24)13-21(26)16-7-3-4-8-17(16)23(20(21)25)14-22-11-5-2-6-12-22/h3-4,7-10,26H,2,5-6,11-14H2,1H3/t21-/m0/s1. The average molecular weight is 368 g/mol. The van der Waals surface area contributed by atoms with Crippen molar-refractivity contribution in [3.05, 3.63) is 53.5 Å². The van der Waals surface area contributed by atoms with E-state index in [0.717, 1.165) is 25.9 Å². The predicted molar refractivity (Wildman–Crippen MR) is 101 cm³/mol. The SMILES string of the molecule is Cc1ccc(C(=O)C[C@@]2(O)C(=O)N(CN3CCCCC3)c3ccccc32)o1. The van der Waals surface area contributed by atoms with Crippen LogP contribution in [0.4, 0.5) is 5.69 Å². The number of furan rings is 1. The second-order valence-corrected chi connectivity index (χ2v) is 7.44. The predicted octanol–water partition coefficient (Wildman–Crippen LogP) is 2.84. The van der Waals surface area contributed by atoms with Gasteiger partial charge in [0.05, 0.1) is 18.8 Å². The Kier molecular flexibility index (Phi) is 4.61. The quantitative estimate of drug-likeness (QED) is 0.822. The van der Waals surface area contributed by atoms with Gasteiger partial charge >= 0.3 is 0 Å².